The molecule has 0 fully saturated rings. The standard InChI is InChI=1S/C9H7FN2O/c10-8-3-1-2-7(4-8)5-9-12-11-6-13-9/h1-4,6H,5H2. The predicted octanol–water partition coefficient (Wildman–Crippen LogP) is 1.80. The molecule has 1 heterocycles. The van der Waals surface area contributed by atoms with Gasteiger partial charge in [-0.3, -0.25) is 0 Å². The molecule has 0 aliphatic heterocycles. The molecule has 13 heavy (non-hydrogen) atoms. The number of nitrogens with zero attached hydrogens (tertiary/aromatic N) is 2. The maximum absolute atomic E-state index is 12.7. The summed E-state index contributed by atoms with van der Waals surface area (Å²) < 4.78 is 17.7. The lowest BCUT2D eigenvalue weighted by Crippen LogP contribution is -1.89. The Morgan fingerprint density at radius 1 is 1.38 bits per heavy atom. The number of aromatic nitrogens is 2. The summed E-state index contributed by atoms with van der Waals surface area (Å²) in [6.45, 7) is 0. The van der Waals surface area contributed by atoms with Crippen LogP contribution in [-0.2, 0) is 6.42 Å². The van der Waals surface area contributed by atoms with Gasteiger partial charge in [0, 0.05) is 0 Å². The van der Waals surface area contributed by atoms with Crippen LogP contribution in [-0.4, -0.2) is 10.2 Å². The van der Waals surface area contributed by atoms with Crippen LogP contribution in [0.25, 0.3) is 0 Å². The van der Waals surface area contributed by atoms with Gasteiger partial charge in [-0.15, -0.1) is 10.2 Å². The van der Waals surface area contributed by atoms with Crippen LogP contribution in [0.5, 0.6) is 0 Å². The molecule has 0 bridgehead atoms. The average Bonchev–Trinajstić information content (AvgIpc) is 2.57. The summed E-state index contributed by atoms with van der Waals surface area (Å²) in [5.74, 6) is 0.239. The van der Waals surface area contributed by atoms with Crippen molar-refractivity contribution in [3.63, 3.8) is 0 Å². The van der Waals surface area contributed by atoms with Gasteiger partial charge in [-0.05, 0) is 17.7 Å². The minimum Gasteiger partial charge on any atom is -0.428 e. The summed E-state index contributed by atoms with van der Waals surface area (Å²) in [4.78, 5) is 0. The van der Waals surface area contributed by atoms with E-state index in [-0.39, 0.29) is 5.82 Å². The van der Waals surface area contributed by atoms with Gasteiger partial charge in [0.05, 0.1) is 6.42 Å². The summed E-state index contributed by atoms with van der Waals surface area (Å²) in [6.07, 6.45) is 1.73. The zero-order valence-corrected chi connectivity index (χ0v) is 6.77. The van der Waals surface area contributed by atoms with Gasteiger partial charge >= 0.3 is 0 Å². The van der Waals surface area contributed by atoms with Gasteiger partial charge in [0.15, 0.2) is 0 Å². The Balaban J connectivity index is 2.19. The summed E-state index contributed by atoms with van der Waals surface area (Å²) in [5.41, 5.74) is 0.823. The topological polar surface area (TPSA) is 38.9 Å². The van der Waals surface area contributed by atoms with Gasteiger partial charge in [-0.25, -0.2) is 4.39 Å². The second-order valence-electron chi connectivity index (χ2n) is 2.64. The van der Waals surface area contributed by atoms with Crippen LogP contribution < -0.4 is 0 Å². The van der Waals surface area contributed by atoms with Crippen LogP contribution in [0.4, 0.5) is 4.39 Å². The van der Waals surface area contributed by atoms with Crippen molar-refractivity contribution in [3.05, 3.63) is 47.9 Å². The number of hydrogen-bond acceptors (Lipinski definition) is 3. The lowest BCUT2D eigenvalue weighted by Gasteiger charge is -1.95. The molecule has 0 atom stereocenters. The minimum absolute atomic E-state index is 0.253. The van der Waals surface area contributed by atoms with Gasteiger partial charge in [0.25, 0.3) is 0 Å². The van der Waals surface area contributed by atoms with Gasteiger partial charge in [-0.2, -0.15) is 0 Å². The second kappa shape index (κ2) is 3.35. The van der Waals surface area contributed by atoms with Crippen LogP contribution >= 0.6 is 0 Å². The molecular formula is C9H7FN2O. The fraction of sp³-hybridized carbons (Fsp3) is 0.111. The number of rotatable bonds is 2. The second-order valence-corrected chi connectivity index (χ2v) is 2.64. The van der Waals surface area contributed by atoms with Crippen molar-refractivity contribution in [3.8, 4) is 0 Å². The highest BCUT2D eigenvalue weighted by Gasteiger charge is 2.01. The highest BCUT2D eigenvalue weighted by Crippen LogP contribution is 2.08. The molecule has 66 valence electrons. The van der Waals surface area contributed by atoms with Gasteiger partial charge in [0.1, 0.15) is 5.82 Å². The maximum atomic E-state index is 12.7. The molecule has 0 saturated heterocycles. The Hall–Kier alpha value is -1.71. The average molecular weight is 178 g/mol. The maximum Gasteiger partial charge on any atom is 0.220 e. The van der Waals surface area contributed by atoms with Crippen LogP contribution in [0.1, 0.15) is 11.5 Å². The van der Waals surface area contributed by atoms with Crippen LogP contribution in [0.3, 0.4) is 0 Å². The molecule has 2 rings (SSSR count). The van der Waals surface area contributed by atoms with E-state index in [2.05, 4.69) is 10.2 Å². The third-order valence-corrected chi connectivity index (χ3v) is 1.65. The molecule has 2 aromatic rings. The molecular weight excluding hydrogens is 171 g/mol. The molecule has 0 aliphatic carbocycles. The van der Waals surface area contributed by atoms with E-state index in [4.69, 9.17) is 4.42 Å². The largest absolute Gasteiger partial charge is 0.428 e. The smallest absolute Gasteiger partial charge is 0.220 e. The first-order chi connectivity index (χ1) is 6.34. The van der Waals surface area contributed by atoms with Crippen molar-refractivity contribution in [1.82, 2.24) is 10.2 Å². The Morgan fingerprint density at radius 3 is 3.00 bits per heavy atom. The normalized spacial score (nSPS) is 10.2. The molecule has 0 N–H and O–H groups in total. The van der Waals surface area contributed by atoms with Crippen LogP contribution in [0.2, 0.25) is 0 Å². The Morgan fingerprint density at radius 2 is 2.31 bits per heavy atom. The highest BCUT2D eigenvalue weighted by molar-refractivity contribution is 5.18. The molecule has 0 unspecified atom stereocenters. The number of hydrogen-bond donors (Lipinski definition) is 0. The van der Waals surface area contributed by atoms with Crippen molar-refractivity contribution >= 4 is 0 Å². The van der Waals surface area contributed by atoms with E-state index in [9.17, 15) is 4.39 Å². The molecule has 0 radical (unpaired) electrons. The lowest BCUT2D eigenvalue weighted by molar-refractivity contribution is 0.504. The van der Waals surface area contributed by atoms with Crippen molar-refractivity contribution in [1.29, 1.82) is 0 Å². The van der Waals surface area contributed by atoms with Crippen molar-refractivity contribution < 1.29 is 8.81 Å². The summed E-state index contributed by atoms with van der Waals surface area (Å²) in [7, 11) is 0. The first-order valence-electron chi connectivity index (χ1n) is 3.84. The van der Waals surface area contributed by atoms with E-state index in [1.165, 1.54) is 18.5 Å². The van der Waals surface area contributed by atoms with E-state index >= 15 is 0 Å². The summed E-state index contributed by atoms with van der Waals surface area (Å²) in [5, 5.41) is 7.23. The molecule has 1 aromatic carbocycles. The summed E-state index contributed by atoms with van der Waals surface area (Å²) >= 11 is 0. The fourth-order valence-electron chi connectivity index (χ4n) is 1.09. The summed E-state index contributed by atoms with van der Waals surface area (Å²) in [6, 6.07) is 6.32. The van der Waals surface area contributed by atoms with Crippen LogP contribution in [0.15, 0.2) is 35.1 Å². The quantitative estimate of drug-likeness (QED) is 0.703. The minimum atomic E-state index is -0.253. The monoisotopic (exact) mass is 178 g/mol. The predicted molar refractivity (Wildman–Crippen MR) is 43.5 cm³/mol. The van der Waals surface area contributed by atoms with Gasteiger partial charge in [-0.1, -0.05) is 12.1 Å². The van der Waals surface area contributed by atoms with Crippen LogP contribution in [0, 0.1) is 5.82 Å². The Kier molecular flexibility index (Phi) is 2.04. The number of halogens is 1. The molecule has 0 spiro atoms. The van der Waals surface area contributed by atoms with Crippen molar-refractivity contribution in [2.45, 2.75) is 6.42 Å². The van der Waals surface area contributed by atoms with E-state index in [1.807, 2.05) is 6.07 Å². The lowest BCUT2D eigenvalue weighted by atomic mass is 10.1. The molecule has 0 amide bonds. The van der Waals surface area contributed by atoms with E-state index < -0.39 is 0 Å². The Labute approximate surface area is 74.2 Å². The van der Waals surface area contributed by atoms with Crippen molar-refractivity contribution in [2.75, 3.05) is 0 Å². The first kappa shape index (κ1) is 7.91. The molecule has 0 saturated carbocycles. The zero-order chi connectivity index (χ0) is 9.10. The van der Waals surface area contributed by atoms with E-state index in [0.29, 0.717) is 12.3 Å². The third-order valence-electron chi connectivity index (χ3n) is 1.65. The van der Waals surface area contributed by atoms with E-state index in [0.717, 1.165) is 5.56 Å². The van der Waals surface area contributed by atoms with E-state index in [1.54, 1.807) is 6.07 Å². The molecule has 4 heteroatoms. The molecule has 3 nitrogen and oxygen atoms in total. The zero-order valence-electron chi connectivity index (χ0n) is 6.77. The van der Waals surface area contributed by atoms with Crippen molar-refractivity contribution in [2.24, 2.45) is 0 Å². The fourth-order valence-corrected chi connectivity index (χ4v) is 1.09. The SMILES string of the molecule is Fc1cccc(Cc2nnco2)c1. The Bertz CT molecular complexity index is 386. The third kappa shape index (κ3) is 1.90. The highest BCUT2D eigenvalue weighted by atomic mass is 19.1. The molecule has 1 aromatic heterocycles. The number of benzene rings is 1. The van der Waals surface area contributed by atoms with Gasteiger partial charge in [0.2, 0.25) is 12.3 Å². The molecule has 0 aliphatic rings. The first-order valence-corrected chi connectivity index (χ1v) is 3.84. The van der Waals surface area contributed by atoms with Gasteiger partial charge < -0.3 is 4.42 Å².